The Morgan fingerprint density at radius 3 is 2.81 bits per heavy atom. The van der Waals surface area contributed by atoms with Gasteiger partial charge in [-0.05, 0) is 19.1 Å². The second-order valence-electron chi connectivity index (χ2n) is 5.65. The highest BCUT2D eigenvalue weighted by molar-refractivity contribution is 5.62. The molecule has 3 aromatic rings. The molecule has 12 heteroatoms. The summed E-state index contributed by atoms with van der Waals surface area (Å²) < 4.78 is 40.5. The number of alkyl halides is 3. The first kappa shape index (κ1) is 18.2. The van der Waals surface area contributed by atoms with Gasteiger partial charge in [-0.15, -0.1) is 0 Å². The van der Waals surface area contributed by atoms with Gasteiger partial charge in [0.25, 0.3) is 0 Å². The fourth-order valence-electron chi connectivity index (χ4n) is 2.58. The van der Waals surface area contributed by atoms with Crippen LogP contribution >= 0.6 is 0 Å². The van der Waals surface area contributed by atoms with Crippen molar-refractivity contribution in [3.63, 3.8) is 0 Å². The van der Waals surface area contributed by atoms with E-state index in [4.69, 9.17) is 5.73 Å². The maximum atomic E-state index is 13.0. The number of hydrogen-bond acceptors (Lipinski definition) is 7. The summed E-state index contributed by atoms with van der Waals surface area (Å²) >= 11 is 0. The Labute approximate surface area is 149 Å². The number of nitriles is 1. The first-order valence-electron chi connectivity index (χ1n) is 7.63. The summed E-state index contributed by atoms with van der Waals surface area (Å²) in [7, 11) is 0. The molecule has 27 heavy (non-hydrogen) atoms. The van der Waals surface area contributed by atoms with Crippen LogP contribution in [-0.2, 0) is 6.54 Å². The van der Waals surface area contributed by atoms with E-state index < -0.39 is 24.5 Å². The normalized spacial score (nSPS) is 12.7. The van der Waals surface area contributed by atoms with E-state index in [2.05, 4.69) is 20.3 Å². The fraction of sp³-hybridized carbons (Fsp3) is 0.267. The number of halogens is 3. The molecule has 3 heterocycles. The Bertz CT molecular complexity index is 1100. The topological polar surface area (TPSA) is 127 Å². The first-order valence-corrected chi connectivity index (χ1v) is 7.63. The second-order valence-corrected chi connectivity index (χ2v) is 5.65. The van der Waals surface area contributed by atoms with Crippen LogP contribution in [0.1, 0.15) is 24.4 Å². The van der Waals surface area contributed by atoms with Gasteiger partial charge in [0.1, 0.15) is 47.6 Å². The number of anilines is 2. The predicted octanol–water partition coefficient (Wildman–Crippen LogP) is 1.48. The van der Waals surface area contributed by atoms with Crippen molar-refractivity contribution in [2.45, 2.75) is 25.7 Å². The molecule has 0 spiro atoms. The standard InChI is InChI=1S/C15H13F3N8O/c1-8(23-12-9(5-19)11(20)21-7-22-12)13-24-10-3-2-4-25(10)14(27)26(13)6-15(16,17)18/h2-4,7-8H,6H2,1H3,(H3,20,21,22,23). The minimum absolute atomic E-state index is 0.0283. The number of aromatic nitrogens is 5. The molecular weight excluding hydrogens is 365 g/mol. The molecule has 0 saturated heterocycles. The Kier molecular flexibility index (Phi) is 4.44. The maximum Gasteiger partial charge on any atom is 0.406 e. The van der Waals surface area contributed by atoms with E-state index >= 15 is 0 Å². The molecule has 140 valence electrons. The lowest BCUT2D eigenvalue weighted by molar-refractivity contribution is -0.142. The SMILES string of the molecule is CC(Nc1ncnc(N)c1C#N)c1nc2cccn2c(=O)n1CC(F)(F)F. The molecule has 1 atom stereocenters. The van der Waals surface area contributed by atoms with E-state index in [9.17, 15) is 23.2 Å². The number of fused-ring (bicyclic) bond motifs is 1. The summed E-state index contributed by atoms with van der Waals surface area (Å²) in [6, 6.07) is 3.94. The van der Waals surface area contributed by atoms with Crippen LogP contribution in [0.25, 0.3) is 5.65 Å². The molecular formula is C15H13F3N8O. The molecule has 0 amide bonds. The van der Waals surface area contributed by atoms with Gasteiger partial charge in [-0.1, -0.05) is 0 Å². The quantitative estimate of drug-likeness (QED) is 0.704. The van der Waals surface area contributed by atoms with Crippen molar-refractivity contribution in [1.82, 2.24) is 23.9 Å². The van der Waals surface area contributed by atoms with E-state index in [1.807, 2.05) is 6.07 Å². The van der Waals surface area contributed by atoms with Crippen LogP contribution in [0.2, 0.25) is 0 Å². The van der Waals surface area contributed by atoms with Gasteiger partial charge in [0.05, 0.1) is 6.04 Å². The van der Waals surface area contributed by atoms with Crippen molar-refractivity contribution >= 4 is 17.3 Å². The van der Waals surface area contributed by atoms with E-state index in [0.717, 1.165) is 10.7 Å². The highest BCUT2D eigenvalue weighted by Gasteiger charge is 2.31. The van der Waals surface area contributed by atoms with Crippen molar-refractivity contribution in [2.75, 3.05) is 11.1 Å². The van der Waals surface area contributed by atoms with Gasteiger partial charge in [-0.3, -0.25) is 8.97 Å². The number of nitrogen functional groups attached to an aromatic ring is 1. The van der Waals surface area contributed by atoms with Crippen molar-refractivity contribution < 1.29 is 13.2 Å². The van der Waals surface area contributed by atoms with Gasteiger partial charge in [-0.2, -0.15) is 18.4 Å². The molecule has 0 fully saturated rings. The first-order chi connectivity index (χ1) is 12.7. The zero-order chi connectivity index (χ0) is 19.8. The lowest BCUT2D eigenvalue weighted by Gasteiger charge is -2.20. The zero-order valence-corrected chi connectivity index (χ0v) is 13.9. The van der Waals surface area contributed by atoms with Gasteiger partial charge in [0.2, 0.25) is 0 Å². The van der Waals surface area contributed by atoms with Crippen LogP contribution in [0.5, 0.6) is 0 Å². The average Bonchev–Trinajstić information content (AvgIpc) is 3.05. The van der Waals surface area contributed by atoms with E-state index in [-0.39, 0.29) is 28.7 Å². The maximum absolute atomic E-state index is 13.0. The summed E-state index contributed by atoms with van der Waals surface area (Å²) in [4.78, 5) is 24.2. The minimum Gasteiger partial charge on any atom is -0.382 e. The largest absolute Gasteiger partial charge is 0.406 e. The molecule has 0 radical (unpaired) electrons. The number of hydrogen-bond donors (Lipinski definition) is 2. The number of nitrogens with zero attached hydrogens (tertiary/aromatic N) is 6. The molecule has 0 aromatic carbocycles. The van der Waals surface area contributed by atoms with Gasteiger partial charge in [-0.25, -0.2) is 19.7 Å². The van der Waals surface area contributed by atoms with Crippen LogP contribution in [0.3, 0.4) is 0 Å². The lowest BCUT2D eigenvalue weighted by Crippen LogP contribution is -2.36. The molecule has 3 aromatic heterocycles. The summed E-state index contributed by atoms with van der Waals surface area (Å²) in [6.07, 6.45) is -2.19. The highest BCUT2D eigenvalue weighted by atomic mass is 19.4. The Morgan fingerprint density at radius 2 is 2.15 bits per heavy atom. The summed E-state index contributed by atoms with van der Waals surface area (Å²) in [6.45, 7) is -0.0150. The van der Waals surface area contributed by atoms with Gasteiger partial charge in [0, 0.05) is 6.20 Å². The Morgan fingerprint density at radius 1 is 1.41 bits per heavy atom. The van der Waals surface area contributed by atoms with Crippen molar-refractivity contribution in [1.29, 1.82) is 5.26 Å². The number of nitrogens with one attached hydrogen (secondary N) is 1. The molecule has 1 unspecified atom stereocenters. The van der Waals surface area contributed by atoms with Gasteiger partial charge >= 0.3 is 11.9 Å². The minimum atomic E-state index is -4.63. The second kappa shape index (κ2) is 6.60. The molecule has 0 saturated carbocycles. The van der Waals surface area contributed by atoms with Crippen molar-refractivity contribution in [3.8, 4) is 6.07 Å². The molecule has 9 nitrogen and oxygen atoms in total. The Hall–Kier alpha value is -3.62. The number of nitrogens with two attached hydrogens (primary N) is 1. The molecule has 0 aliphatic rings. The van der Waals surface area contributed by atoms with E-state index in [1.165, 1.54) is 25.3 Å². The van der Waals surface area contributed by atoms with Crippen LogP contribution in [0.4, 0.5) is 24.8 Å². The van der Waals surface area contributed by atoms with E-state index in [1.54, 1.807) is 0 Å². The summed E-state index contributed by atoms with van der Waals surface area (Å²) in [5.74, 6) is -0.213. The molecule has 0 aliphatic carbocycles. The van der Waals surface area contributed by atoms with Crippen LogP contribution < -0.4 is 16.7 Å². The molecule has 0 aliphatic heterocycles. The summed E-state index contributed by atoms with van der Waals surface area (Å²) in [5.41, 5.74) is 4.87. The third-order valence-electron chi connectivity index (χ3n) is 3.74. The lowest BCUT2D eigenvalue weighted by atomic mass is 10.2. The van der Waals surface area contributed by atoms with Gasteiger partial charge in [0.15, 0.2) is 0 Å². The van der Waals surface area contributed by atoms with Gasteiger partial charge < -0.3 is 11.1 Å². The molecule has 0 bridgehead atoms. The summed E-state index contributed by atoms with van der Waals surface area (Å²) in [5, 5.41) is 12.0. The van der Waals surface area contributed by atoms with Crippen LogP contribution in [0, 0.1) is 11.3 Å². The zero-order valence-electron chi connectivity index (χ0n) is 13.9. The fourth-order valence-corrected chi connectivity index (χ4v) is 2.58. The highest BCUT2D eigenvalue weighted by Crippen LogP contribution is 2.23. The van der Waals surface area contributed by atoms with Crippen molar-refractivity contribution in [3.05, 3.63) is 46.5 Å². The third-order valence-corrected chi connectivity index (χ3v) is 3.74. The molecule has 3 rings (SSSR count). The average molecular weight is 378 g/mol. The van der Waals surface area contributed by atoms with E-state index in [0.29, 0.717) is 4.57 Å². The third kappa shape index (κ3) is 3.52. The number of rotatable bonds is 4. The smallest absolute Gasteiger partial charge is 0.382 e. The monoisotopic (exact) mass is 378 g/mol. The van der Waals surface area contributed by atoms with Crippen LogP contribution in [0.15, 0.2) is 29.5 Å². The molecule has 3 N–H and O–H groups in total. The Balaban J connectivity index is 2.10. The van der Waals surface area contributed by atoms with Crippen LogP contribution in [-0.4, -0.2) is 30.1 Å². The van der Waals surface area contributed by atoms with Crippen molar-refractivity contribution in [2.24, 2.45) is 0 Å². The predicted molar refractivity (Wildman–Crippen MR) is 88.7 cm³/mol.